The third-order valence-corrected chi connectivity index (χ3v) is 5.26. The summed E-state index contributed by atoms with van der Waals surface area (Å²) in [6, 6.07) is 7.78. The van der Waals surface area contributed by atoms with Gasteiger partial charge in [0.2, 0.25) is 0 Å². The lowest BCUT2D eigenvalue weighted by atomic mass is 10.1. The number of thiophene rings is 1. The zero-order valence-corrected chi connectivity index (χ0v) is 18.2. The number of hydrogen-bond donors (Lipinski definition) is 2. The Kier molecular flexibility index (Phi) is 7.98. The molecule has 142 valence electrons. The molecule has 3 N–H and O–H groups in total. The third kappa shape index (κ3) is 5.24. The van der Waals surface area contributed by atoms with Crippen LogP contribution in [0.5, 0.6) is 11.5 Å². The molecule has 0 aliphatic carbocycles. The van der Waals surface area contributed by atoms with Crippen molar-refractivity contribution < 1.29 is 9.47 Å². The summed E-state index contributed by atoms with van der Waals surface area (Å²) in [4.78, 5) is 8.37. The Morgan fingerprint density at radius 1 is 1.27 bits per heavy atom. The first-order valence-corrected chi connectivity index (χ1v) is 9.14. The summed E-state index contributed by atoms with van der Waals surface area (Å²) in [6.45, 7) is 3.68. The van der Waals surface area contributed by atoms with Gasteiger partial charge in [0, 0.05) is 36.3 Å². The van der Waals surface area contributed by atoms with Crippen LogP contribution in [0.2, 0.25) is 0 Å². The number of halogens is 1. The molecule has 1 aromatic carbocycles. The molecule has 3 rings (SSSR count). The molecule has 8 heteroatoms. The topological polar surface area (TPSA) is 72.1 Å². The summed E-state index contributed by atoms with van der Waals surface area (Å²) < 4.78 is 10.5. The van der Waals surface area contributed by atoms with Gasteiger partial charge in [-0.1, -0.05) is 0 Å². The van der Waals surface area contributed by atoms with Crippen molar-refractivity contribution >= 4 is 47.0 Å². The number of aliphatic imine (C=N–C) groups is 1. The van der Waals surface area contributed by atoms with E-state index < -0.39 is 0 Å². The first-order chi connectivity index (χ1) is 12.2. The van der Waals surface area contributed by atoms with E-state index in [2.05, 4.69) is 26.7 Å². The number of fused-ring (bicyclic) bond motifs is 1. The molecule has 0 fully saturated rings. The maximum atomic E-state index is 5.99. The van der Waals surface area contributed by atoms with Gasteiger partial charge in [0.25, 0.3) is 0 Å². The number of rotatable bonds is 6. The molecule has 0 atom stereocenters. The number of guanidine groups is 1. The van der Waals surface area contributed by atoms with Crippen LogP contribution in [0.15, 0.2) is 34.6 Å². The number of benzene rings is 1. The predicted octanol–water partition coefficient (Wildman–Crippen LogP) is 3.17. The minimum Gasteiger partial charge on any atom is -0.493 e. The van der Waals surface area contributed by atoms with Gasteiger partial charge in [-0.2, -0.15) is 0 Å². The summed E-state index contributed by atoms with van der Waals surface area (Å²) in [5.74, 6) is 1.74. The molecular weight excluding hydrogens is 463 g/mol. The summed E-state index contributed by atoms with van der Waals surface area (Å²) >= 11 is 1.86. The molecule has 0 amide bonds. The highest BCUT2D eigenvalue weighted by Gasteiger charge is 2.16. The highest BCUT2D eigenvalue weighted by Crippen LogP contribution is 2.29. The standard InChI is InChI=1S/C18H24N4O2S.HI/c1-23-15-4-3-14(11-16(15)24-2)21-18(19)20-7-9-22-8-5-17-13(12-22)6-10-25-17;/h3-4,6,10-11H,5,7-9,12H2,1-2H3,(H3,19,20,21);1H. The van der Waals surface area contributed by atoms with Crippen molar-refractivity contribution in [2.24, 2.45) is 10.7 Å². The van der Waals surface area contributed by atoms with Gasteiger partial charge in [-0.25, -0.2) is 0 Å². The normalized spacial score (nSPS) is 14.3. The molecule has 1 aliphatic heterocycles. The molecule has 1 aromatic heterocycles. The van der Waals surface area contributed by atoms with Crippen LogP contribution >= 0.6 is 35.3 Å². The average molecular weight is 488 g/mol. The molecule has 0 unspecified atom stereocenters. The van der Waals surface area contributed by atoms with Gasteiger partial charge in [0.15, 0.2) is 17.5 Å². The Bertz CT molecular complexity index is 751. The van der Waals surface area contributed by atoms with Crippen LogP contribution in [0.25, 0.3) is 0 Å². The van der Waals surface area contributed by atoms with Crippen molar-refractivity contribution in [1.82, 2.24) is 4.90 Å². The summed E-state index contributed by atoms with van der Waals surface area (Å²) in [6.07, 6.45) is 1.14. The van der Waals surface area contributed by atoms with Gasteiger partial charge in [0.1, 0.15) is 0 Å². The molecule has 0 radical (unpaired) electrons. The van der Waals surface area contributed by atoms with Crippen LogP contribution in [0.3, 0.4) is 0 Å². The molecule has 26 heavy (non-hydrogen) atoms. The second kappa shape index (κ2) is 9.98. The number of nitrogens with two attached hydrogens (primary N) is 1. The zero-order chi connectivity index (χ0) is 17.6. The van der Waals surface area contributed by atoms with Crippen LogP contribution in [-0.2, 0) is 13.0 Å². The molecule has 6 nitrogen and oxygen atoms in total. The van der Waals surface area contributed by atoms with Crippen LogP contribution in [0.1, 0.15) is 10.4 Å². The maximum Gasteiger partial charge on any atom is 0.193 e. The Balaban J connectivity index is 0.00000243. The smallest absolute Gasteiger partial charge is 0.193 e. The van der Waals surface area contributed by atoms with Gasteiger partial charge in [-0.3, -0.25) is 9.89 Å². The van der Waals surface area contributed by atoms with Crippen molar-refractivity contribution in [2.75, 3.05) is 39.2 Å². The van der Waals surface area contributed by atoms with Gasteiger partial charge in [-0.05, 0) is 35.6 Å². The van der Waals surface area contributed by atoms with Crippen molar-refractivity contribution in [3.8, 4) is 11.5 Å². The lowest BCUT2D eigenvalue weighted by Crippen LogP contribution is -2.32. The lowest BCUT2D eigenvalue weighted by molar-refractivity contribution is 0.264. The van der Waals surface area contributed by atoms with E-state index in [9.17, 15) is 0 Å². The van der Waals surface area contributed by atoms with Crippen LogP contribution in [-0.4, -0.2) is 44.7 Å². The van der Waals surface area contributed by atoms with E-state index >= 15 is 0 Å². The molecule has 0 bridgehead atoms. The Morgan fingerprint density at radius 3 is 2.85 bits per heavy atom. The monoisotopic (exact) mass is 488 g/mol. The summed E-state index contributed by atoms with van der Waals surface area (Å²) in [5.41, 5.74) is 8.27. The van der Waals surface area contributed by atoms with Crippen LogP contribution in [0.4, 0.5) is 5.69 Å². The fraction of sp³-hybridized carbons (Fsp3) is 0.389. The molecular formula is C18H25IN4O2S. The molecule has 0 saturated carbocycles. The molecule has 0 saturated heterocycles. The number of nitrogens with one attached hydrogen (secondary N) is 1. The minimum atomic E-state index is 0. The van der Waals surface area contributed by atoms with Crippen molar-refractivity contribution in [1.29, 1.82) is 0 Å². The SMILES string of the molecule is COc1ccc(NC(N)=NCCN2CCc3sccc3C2)cc1OC.I. The maximum absolute atomic E-state index is 5.99. The van der Waals surface area contributed by atoms with E-state index in [1.165, 1.54) is 10.4 Å². The van der Waals surface area contributed by atoms with Gasteiger partial charge in [0.05, 0.1) is 20.8 Å². The van der Waals surface area contributed by atoms with Crippen LogP contribution in [0, 0.1) is 0 Å². The highest BCUT2D eigenvalue weighted by molar-refractivity contribution is 14.0. The Morgan fingerprint density at radius 2 is 2.08 bits per heavy atom. The van der Waals surface area contributed by atoms with E-state index in [1.54, 1.807) is 14.2 Å². The highest BCUT2D eigenvalue weighted by atomic mass is 127. The van der Waals surface area contributed by atoms with Crippen LogP contribution < -0.4 is 20.5 Å². The quantitative estimate of drug-likeness (QED) is 0.372. The second-order valence-electron chi connectivity index (χ2n) is 5.86. The average Bonchev–Trinajstić information content (AvgIpc) is 3.09. The second-order valence-corrected chi connectivity index (χ2v) is 6.86. The third-order valence-electron chi connectivity index (χ3n) is 4.24. The van der Waals surface area contributed by atoms with Gasteiger partial charge < -0.3 is 20.5 Å². The molecule has 0 spiro atoms. The first-order valence-electron chi connectivity index (χ1n) is 8.26. The molecule has 2 aromatic rings. The lowest BCUT2D eigenvalue weighted by Gasteiger charge is -2.26. The predicted molar refractivity (Wildman–Crippen MR) is 118 cm³/mol. The zero-order valence-electron chi connectivity index (χ0n) is 15.0. The van der Waals surface area contributed by atoms with Crippen molar-refractivity contribution in [3.63, 3.8) is 0 Å². The Labute approximate surface area is 175 Å². The summed E-state index contributed by atoms with van der Waals surface area (Å²) in [5, 5.41) is 5.27. The first kappa shape index (κ1) is 20.8. The Hall–Kier alpha value is -1.52. The van der Waals surface area contributed by atoms with Crippen molar-refractivity contribution in [2.45, 2.75) is 13.0 Å². The fourth-order valence-corrected chi connectivity index (χ4v) is 3.80. The van der Waals surface area contributed by atoms with Gasteiger partial charge >= 0.3 is 0 Å². The fourth-order valence-electron chi connectivity index (χ4n) is 2.91. The van der Waals surface area contributed by atoms with Gasteiger partial charge in [-0.15, -0.1) is 35.3 Å². The van der Waals surface area contributed by atoms with E-state index in [1.807, 2.05) is 29.5 Å². The van der Waals surface area contributed by atoms with E-state index in [0.29, 0.717) is 24.0 Å². The number of anilines is 1. The summed E-state index contributed by atoms with van der Waals surface area (Å²) in [7, 11) is 3.22. The number of nitrogens with zero attached hydrogens (tertiary/aromatic N) is 2. The number of ether oxygens (including phenoxy) is 2. The van der Waals surface area contributed by atoms with E-state index in [0.717, 1.165) is 31.7 Å². The number of hydrogen-bond acceptors (Lipinski definition) is 5. The molecule has 2 heterocycles. The minimum absolute atomic E-state index is 0. The van der Waals surface area contributed by atoms with Crippen molar-refractivity contribution in [3.05, 3.63) is 40.1 Å². The van der Waals surface area contributed by atoms with E-state index in [-0.39, 0.29) is 24.0 Å². The largest absolute Gasteiger partial charge is 0.493 e. The van der Waals surface area contributed by atoms with E-state index in [4.69, 9.17) is 15.2 Å². The number of methoxy groups -OCH3 is 2. The molecule has 1 aliphatic rings.